The van der Waals surface area contributed by atoms with E-state index in [9.17, 15) is 9.18 Å². The molecule has 0 bridgehead atoms. The van der Waals surface area contributed by atoms with Gasteiger partial charge in [0.1, 0.15) is 5.82 Å². The SMILES string of the molecule is Cc1ccc(CN[C@H](C)C(=O)Nc2ccc(F)cc2Cl)cc1. The van der Waals surface area contributed by atoms with E-state index < -0.39 is 11.9 Å². The summed E-state index contributed by atoms with van der Waals surface area (Å²) in [5.41, 5.74) is 2.70. The highest BCUT2D eigenvalue weighted by Crippen LogP contribution is 2.22. The van der Waals surface area contributed by atoms with Crippen molar-refractivity contribution in [2.75, 3.05) is 5.32 Å². The van der Waals surface area contributed by atoms with Gasteiger partial charge in [-0.25, -0.2) is 4.39 Å². The quantitative estimate of drug-likeness (QED) is 0.877. The summed E-state index contributed by atoms with van der Waals surface area (Å²) in [7, 11) is 0. The number of hydrogen-bond acceptors (Lipinski definition) is 2. The molecule has 0 fully saturated rings. The zero-order valence-electron chi connectivity index (χ0n) is 12.5. The summed E-state index contributed by atoms with van der Waals surface area (Å²) in [4.78, 5) is 12.1. The van der Waals surface area contributed by atoms with Crippen molar-refractivity contribution in [2.45, 2.75) is 26.4 Å². The number of rotatable bonds is 5. The molecule has 116 valence electrons. The third kappa shape index (κ3) is 4.55. The van der Waals surface area contributed by atoms with E-state index in [0.717, 1.165) is 5.56 Å². The molecule has 2 N–H and O–H groups in total. The van der Waals surface area contributed by atoms with Crippen molar-refractivity contribution in [1.29, 1.82) is 0 Å². The van der Waals surface area contributed by atoms with Crippen LogP contribution in [0.5, 0.6) is 0 Å². The van der Waals surface area contributed by atoms with Crippen LogP contribution in [0.25, 0.3) is 0 Å². The van der Waals surface area contributed by atoms with E-state index in [1.54, 1.807) is 6.92 Å². The number of aryl methyl sites for hydroxylation is 1. The Bertz CT molecular complexity index is 658. The molecule has 1 atom stereocenters. The van der Waals surface area contributed by atoms with E-state index in [1.165, 1.54) is 23.8 Å². The van der Waals surface area contributed by atoms with Crippen LogP contribution in [-0.4, -0.2) is 11.9 Å². The molecule has 0 saturated heterocycles. The number of benzene rings is 2. The van der Waals surface area contributed by atoms with Gasteiger partial charge in [0.2, 0.25) is 5.91 Å². The van der Waals surface area contributed by atoms with Gasteiger partial charge in [0.05, 0.1) is 16.8 Å². The van der Waals surface area contributed by atoms with Gasteiger partial charge in [-0.2, -0.15) is 0 Å². The third-order valence-corrected chi connectivity index (χ3v) is 3.63. The second kappa shape index (κ2) is 7.38. The average Bonchev–Trinajstić information content (AvgIpc) is 2.49. The maximum atomic E-state index is 13.0. The summed E-state index contributed by atoms with van der Waals surface area (Å²) in [6, 6.07) is 11.6. The molecule has 3 nitrogen and oxygen atoms in total. The second-order valence-corrected chi connectivity index (χ2v) is 5.61. The molecular weight excluding hydrogens is 303 g/mol. The highest BCUT2D eigenvalue weighted by atomic mass is 35.5. The number of hydrogen-bond donors (Lipinski definition) is 2. The lowest BCUT2D eigenvalue weighted by Crippen LogP contribution is -2.37. The molecule has 0 aliphatic rings. The van der Waals surface area contributed by atoms with E-state index in [4.69, 9.17) is 11.6 Å². The van der Waals surface area contributed by atoms with Crippen molar-refractivity contribution in [3.8, 4) is 0 Å². The minimum absolute atomic E-state index is 0.180. The van der Waals surface area contributed by atoms with Crippen LogP contribution in [0.4, 0.5) is 10.1 Å². The van der Waals surface area contributed by atoms with Gasteiger partial charge in [-0.15, -0.1) is 0 Å². The zero-order valence-corrected chi connectivity index (χ0v) is 13.2. The number of anilines is 1. The molecule has 5 heteroatoms. The van der Waals surface area contributed by atoms with Crippen molar-refractivity contribution >= 4 is 23.2 Å². The summed E-state index contributed by atoms with van der Waals surface area (Å²) in [6.07, 6.45) is 0. The van der Waals surface area contributed by atoms with E-state index in [2.05, 4.69) is 10.6 Å². The fourth-order valence-electron chi connectivity index (χ4n) is 1.90. The van der Waals surface area contributed by atoms with Crippen molar-refractivity contribution < 1.29 is 9.18 Å². The molecule has 2 aromatic carbocycles. The molecule has 0 heterocycles. The molecule has 1 amide bonds. The fourth-order valence-corrected chi connectivity index (χ4v) is 2.12. The van der Waals surface area contributed by atoms with Crippen LogP contribution in [-0.2, 0) is 11.3 Å². The Morgan fingerprint density at radius 2 is 1.91 bits per heavy atom. The van der Waals surface area contributed by atoms with Crippen molar-refractivity contribution in [3.63, 3.8) is 0 Å². The molecular formula is C17H18ClFN2O. The Balaban J connectivity index is 1.90. The number of halogens is 2. The molecule has 2 aromatic rings. The Morgan fingerprint density at radius 1 is 1.23 bits per heavy atom. The number of carbonyl (C=O) groups is 1. The second-order valence-electron chi connectivity index (χ2n) is 5.20. The van der Waals surface area contributed by atoms with E-state index in [-0.39, 0.29) is 10.9 Å². The Labute approximate surface area is 134 Å². The number of nitrogens with one attached hydrogen (secondary N) is 2. The topological polar surface area (TPSA) is 41.1 Å². The molecule has 0 saturated carbocycles. The fraction of sp³-hybridized carbons (Fsp3) is 0.235. The van der Waals surface area contributed by atoms with Crippen LogP contribution in [0.2, 0.25) is 5.02 Å². The molecule has 22 heavy (non-hydrogen) atoms. The van der Waals surface area contributed by atoms with Crippen LogP contribution in [0.1, 0.15) is 18.1 Å². The maximum Gasteiger partial charge on any atom is 0.241 e. The van der Waals surface area contributed by atoms with Gasteiger partial charge in [-0.3, -0.25) is 4.79 Å². The third-order valence-electron chi connectivity index (χ3n) is 3.32. The standard InChI is InChI=1S/C17H18ClFN2O/c1-11-3-5-13(6-4-11)10-20-12(2)17(22)21-16-8-7-14(19)9-15(16)18/h3-9,12,20H,10H2,1-2H3,(H,21,22)/t12-/m1/s1. The van der Waals surface area contributed by atoms with E-state index in [0.29, 0.717) is 12.2 Å². The highest BCUT2D eigenvalue weighted by Gasteiger charge is 2.14. The molecule has 0 aromatic heterocycles. The van der Waals surface area contributed by atoms with Gasteiger partial charge in [-0.1, -0.05) is 41.4 Å². The van der Waals surface area contributed by atoms with Crippen LogP contribution < -0.4 is 10.6 Å². The molecule has 0 aliphatic carbocycles. The van der Waals surface area contributed by atoms with E-state index >= 15 is 0 Å². The normalized spacial score (nSPS) is 12.0. The van der Waals surface area contributed by atoms with Gasteiger partial charge < -0.3 is 10.6 Å². The zero-order chi connectivity index (χ0) is 16.1. The first-order valence-electron chi connectivity index (χ1n) is 7.00. The Hall–Kier alpha value is -1.91. The van der Waals surface area contributed by atoms with Gasteiger partial charge >= 0.3 is 0 Å². The van der Waals surface area contributed by atoms with Crippen LogP contribution in [0, 0.1) is 12.7 Å². The van der Waals surface area contributed by atoms with Gasteiger partial charge in [0.15, 0.2) is 0 Å². The highest BCUT2D eigenvalue weighted by molar-refractivity contribution is 6.33. The smallest absolute Gasteiger partial charge is 0.241 e. The van der Waals surface area contributed by atoms with Crippen molar-refractivity contribution in [2.24, 2.45) is 0 Å². The van der Waals surface area contributed by atoms with E-state index in [1.807, 2.05) is 31.2 Å². The lowest BCUT2D eigenvalue weighted by molar-refractivity contribution is -0.117. The lowest BCUT2D eigenvalue weighted by atomic mass is 10.1. The Kier molecular flexibility index (Phi) is 5.52. The van der Waals surface area contributed by atoms with Crippen molar-refractivity contribution in [3.05, 3.63) is 64.4 Å². The average molecular weight is 321 g/mol. The summed E-state index contributed by atoms with van der Waals surface area (Å²) in [6.45, 7) is 4.38. The number of amides is 1. The summed E-state index contributed by atoms with van der Waals surface area (Å²) < 4.78 is 13.0. The molecule has 2 rings (SSSR count). The summed E-state index contributed by atoms with van der Waals surface area (Å²) in [5.74, 6) is -0.658. The number of carbonyl (C=O) groups excluding carboxylic acids is 1. The minimum atomic E-state index is -0.437. The molecule has 0 aliphatic heterocycles. The predicted octanol–water partition coefficient (Wildman–Crippen LogP) is 3.90. The Morgan fingerprint density at radius 3 is 2.55 bits per heavy atom. The predicted molar refractivity (Wildman–Crippen MR) is 87.5 cm³/mol. The largest absolute Gasteiger partial charge is 0.323 e. The first-order chi connectivity index (χ1) is 10.5. The van der Waals surface area contributed by atoms with Gasteiger partial charge in [0, 0.05) is 6.54 Å². The first kappa shape index (κ1) is 16.5. The monoisotopic (exact) mass is 320 g/mol. The first-order valence-corrected chi connectivity index (χ1v) is 7.38. The van der Waals surface area contributed by atoms with Crippen molar-refractivity contribution in [1.82, 2.24) is 5.32 Å². The minimum Gasteiger partial charge on any atom is -0.323 e. The molecule has 0 spiro atoms. The molecule has 0 radical (unpaired) electrons. The van der Waals surface area contributed by atoms with Gasteiger partial charge in [-0.05, 0) is 37.6 Å². The summed E-state index contributed by atoms with van der Waals surface area (Å²) in [5, 5.41) is 6.00. The lowest BCUT2D eigenvalue weighted by Gasteiger charge is -2.15. The summed E-state index contributed by atoms with van der Waals surface area (Å²) >= 11 is 5.89. The maximum absolute atomic E-state index is 13.0. The molecule has 0 unspecified atom stereocenters. The van der Waals surface area contributed by atoms with Gasteiger partial charge in [0.25, 0.3) is 0 Å². The van der Waals surface area contributed by atoms with Crippen LogP contribution in [0.15, 0.2) is 42.5 Å². The van der Waals surface area contributed by atoms with Crippen LogP contribution in [0.3, 0.4) is 0 Å². The van der Waals surface area contributed by atoms with Crippen LogP contribution >= 0.6 is 11.6 Å².